The van der Waals surface area contributed by atoms with E-state index in [1.54, 1.807) is 6.07 Å². The van der Waals surface area contributed by atoms with Gasteiger partial charge >= 0.3 is 0 Å². The molecule has 1 aromatic heterocycles. The van der Waals surface area contributed by atoms with E-state index in [0.29, 0.717) is 5.69 Å². The molecule has 0 saturated carbocycles. The van der Waals surface area contributed by atoms with Crippen molar-refractivity contribution in [2.75, 3.05) is 23.3 Å². The Kier molecular flexibility index (Phi) is 5.33. The van der Waals surface area contributed by atoms with Gasteiger partial charge in [0, 0.05) is 35.9 Å². The van der Waals surface area contributed by atoms with Crippen molar-refractivity contribution < 1.29 is 14.0 Å². The van der Waals surface area contributed by atoms with Gasteiger partial charge in [-0.2, -0.15) is 0 Å². The Balaban J connectivity index is 1.42. The van der Waals surface area contributed by atoms with Gasteiger partial charge in [0.1, 0.15) is 0 Å². The second-order valence-corrected chi connectivity index (χ2v) is 7.19. The molecule has 4 rings (SSSR count). The van der Waals surface area contributed by atoms with Crippen LogP contribution in [0.2, 0.25) is 0 Å². The van der Waals surface area contributed by atoms with E-state index in [-0.39, 0.29) is 23.5 Å². The number of primary amides is 1. The van der Waals surface area contributed by atoms with Gasteiger partial charge in [0.15, 0.2) is 5.76 Å². The Labute approximate surface area is 169 Å². The Bertz CT molecular complexity index is 988. The second kappa shape index (κ2) is 8.22. The van der Waals surface area contributed by atoms with Gasteiger partial charge in [-0.3, -0.25) is 9.59 Å². The van der Waals surface area contributed by atoms with Gasteiger partial charge in [-0.25, -0.2) is 0 Å². The fourth-order valence-electron chi connectivity index (χ4n) is 3.70. The van der Waals surface area contributed by atoms with E-state index >= 15 is 0 Å². The summed E-state index contributed by atoms with van der Waals surface area (Å²) in [6.45, 7) is 1.60. The van der Waals surface area contributed by atoms with E-state index in [2.05, 4.69) is 10.2 Å². The summed E-state index contributed by atoms with van der Waals surface area (Å²) in [5, 5.41) is 2.89. The lowest BCUT2D eigenvalue weighted by atomic mass is 9.96. The molecule has 1 fully saturated rings. The molecule has 1 saturated heterocycles. The van der Waals surface area contributed by atoms with E-state index in [4.69, 9.17) is 10.2 Å². The highest BCUT2D eigenvalue weighted by Gasteiger charge is 2.23. The lowest BCUT2D eigenvalue weighted by Gasteiger charge is -2.32. The summed E-state index contributed by atoms with van der Waals surface area (Å²) in [6.07, 6.45) is 3.07. The van der Waals surface area contributed by atoms with Crippen molar-refractivity contribution in [3.63, 3.8) is 0 Å². The highest BCUT2D eigenvalue weighted by Crippen LogP contribution is 2.27. The molecule has 6 nitrogen and oxygen atoms in total. The van der Waals surface area contributed by atoms with Crippen molar-refractivity contribution in [3.8, 4) is 11.1 Å². The van der Waals surface area contributed by atoms with Crippen molar-refractivity contribution in [1.29, 1.82) is 0 Å². The number of nitrogens with zero attached hydrogens (tertiary/aromatic N) is 1. The van der Waals surface area contributed by atoms with Crippen LogP contribution in [-0.2, 0) is 4.79 Å². The molecule has 0 spiro atoms. The van der Waals surface area contributed by atoms with Crippen molar-refractivity contribution >= 4 is 23.2 Å². The van der Waals surface area contributed by atoms with Crippen molar-refractivity contribution in [2.24, 2.45) is 11.7 Å². The van der Waals surface area contributed by atoms with Crippen molar-refractivity contribution in [3.05, 3.63) is 72.7 Å². The molecule has 0 radical (unpaired) electrons. The summed E-state index contributed by atoms with van der Waals surface area (Å²) < 4.78 is 5.44. The van der Waals surface area contributed by atoms with E-state index in [1.807, 2.05) is 54.6 Å². The maximum atomic E-state index is 12.7. The van der Waals surface area contributed by atoms with Gasteiger partial charge < -0.3 is 20.4 Å². The molecular formula is C23H23N3O3. The first-order chi connectivity index (χ1) is 14.1. The van der Waals surface area contributed by atoms with E-state index in [9.17, 15) is 9.59 Å². The van der Waals surface area contributed by atoms with Gasteiger partial charge in [-0.15, -0.1) is 0 Å². The number of furan rings is 1. The predicted molar refractivity (Wildman–Crippen MR) is 113 cm³/mol. The molecule has 148 valence electrons. The summed E-state index contributed by atoms with van der Waals surface area (Å²) >= 11 is 0. The average Bonchev–Trinajstić information content (AvgIpc) is 3.25. The number of amides is 2. The maximum absolute atomic E-state index is 12.7. The highest BCUT2D eigenvalue weighted by atomic mass is 16.3. The van der Waals surface area contributed by atoms with E-state index in [1.165, 1.54) is 6.26 Å². The second-order valence-electron chi connectivity index (χ2n) is 7.19. The number of rotatable bonds is 5. The minimum atomic E-state index is -0.288. The molecule has 2 heterocycles. The molecule has 0 bridgehead atoms. The molecule has 0 atom stereocenters. The van der Waals surface area contributed by atoms with Crippen LogP contribution in [0.5, 0.6) is 0 Å². The number of nitrogens with two attached hydrogens (primary N) is 1. The molecule has 1 aliphatic heterocycles. The maximum Gasteiger partial charge on any atom is 0.292 e. The third kappa shape index (κ3) is 4.16. The smallest absolute Gasteiger partial charge is 0.292 e. The lowest BCUT2D eigenvalue weighted by Crippen LogP contribution is -2.38. The first-order valence-corrected chi connectivity index (χ1v) is 9.70. The summed E-state index contributed by atoms with van der Waals surface area (Å²) in [7, 11) is 0. The standard InChI is InChI=1S/C23H23N3O3/c24-22(27)17-10-13-26(14-11-17)19-8-6-18(7-9-19)25-23(28)21-20(12-15-29-21)16-4-2-1-3-5-16/h1-9,12,15,17H,10-11,13-14H2,(H2,24,27)(H,25,28). The zero-order chi connectivity index (χ0) is 20.2. The normalized spacial score (nSPS) is 14.6. The lowest BCUT2D eigenvalue weighted by molar-refractivity contribution is -0.122. The SMILES string of the molecule is NC(=O)C1CCN(c2ccc(NC(=O)c3occc3-c3ccccc3)cc2)CC1. The van der Waals surface area contributed by atoms with Crippen molar-refractivity contribution in [1.82, 2.24) is 0 Å². The van der Waals surface area contributed by atoms with Crippen LogP contribution in [-0.4, -0.2) is 24.9 Å². The first kappa shape index (κ1) is 18.8. The number of carbonyl (C=O) groups excluding carboxylic acids is 2. The monoisotopic (exact) mass is 389 g/mol. The Morgan fingerprint density at radius 3 is 2.31 bits per heavy atom. The zero-order valence-electron chi connectivity index (χ0n) is 16.0. The van der Waals surface area contributed by atoms with Crippen LogP contribution >= 0.6 is 0 Å². The molecule has 29 heavy (non-hydrogen) atoms. The first-order valence-electron chi connectivity index (χ1n) is 9.70. The van der Waals surface area contributed by atoms with Crippen LogP contribution in [0.3, 0.4) is 0 Å². The van der Waals surface area contributed by atoms with Gasteiger partial charge in [0.25, 0.3) is 5.91 Å². The molecule has 3 N–H and O–H groups in total. The molecular weight excluding hydrogens is 366 g/mol. The number of benzene rings is 2. The molecule has 1 aliphatic rings. The van der Waals surface area contributed by atoms with Gasteiger partial charge in [0.2, 0.25) is 5.91 Å². The quantitative estimate of drug-likeness (QED) is 0.693. The van der Waals surface area contributed by atoms with Crippen LogP contribution in [0, 0.1) is 5.92 Å². The fraction of sp³-hybridized carbons (Fsp3) is 0.217. The minimum Gasteiger partial charge on any atom is -0.459 e. The van der Waals surface area contributed by atoms with E-state index < -0.39 is 0 Å². The summed E-state index contributed by atoms with van der Waals surface area (Å²) in [5.74, 6) is -0.245. The molecule has 3 aromatic rings. The summed E-state index contributed by atoms with van der Waals surface area (Å²) in [6, 6.07) is 19.2. The Morgan fingerprint density at radius 1 is 0.966 bits per heavy atom. The zero-order valence-corrected chi connectivity index (χ0v) is 16.0. The van der Waals surface area contributed by atoms with Crippen LogP contribution in [0.15, 0.2) is 71.3 Å². The van der Waals surface area contributed by atoms with Crippen LogP contribution in [0.4, 0.5) is 11.4 Å². The van der Waals surface area contributed by atoms with Gasteiger partial charge in [-0.1, -0.05) is 30.3 Å². The number of hydrogen-bond acceptors (Lipinski definition) is 4. The van der Waals surface area contributed by atoms with E-state index in [0.717, 1.165) is 42.7 Å². The molecule has 6 heteroatoms. The number of hydrogen-bond donors (Lipinski definition) is 2. The fourth-order valence-corrected chi connectivity index (χ4v) is 3.70. The average molecular weight is 389 g/mol. The molecule has 2 aromatic carbocycles. The van der Waals surface area contributed by atoms with Crippen LogP contribution in [0.25, 0.3) is 11.1 Å². The third-order valence-corrected chi connectivity index (χ3v) is 5.34. The third-order valence-electron chi connectivity index (χ3n) is 5.34. The molecule has 0 aliphatic carbocycles. The number of anilines is 2. The topological polar surface area (TPSA) is 88.6 Å². The number of nitrogens with one attached hydrogen (secondary N) is 1. The van der Waals surface area contributed by atoms with Crippen LogP contribution < -0.4 is 16.0 Å². The Hall–Kier alpha value is -3.54. The van der Waals surface area contributed by atoms with Crippen molar-refractivity contribution in [2.45, 2.75) is 12.8 Å². The molecule has 2 amide bonds. The van der Waals surface area contributed by atoms with Gasteiger partial charge in [0.05, 0.1) is 6.26 Å². The minimum absolute atomic E-state index is 0.0306. The van der Waals surface area contributed by atoms with Crippen LogP contribution in [0.1, 0.15) is 23.4 Å². The largest absolute Gasteiger partial charge is 0.459 e. The summed E-state index contributed by atoms with van der Waals surface area (Å²) in [5.41, 5.74) is 8.85. The predicted octanol–water partition coefficient (Wildman–Crippen LogP) is 3.90. The summed E-state index contributed by atoms with van der Waals surface area (Å²) in [4.78, 5) is 26.2. The number of carbonyl (C=O) groups is 2. The van der Waals surface area contributed by atoms with Gasteiger partial charge in [-0.05, 0) is 48.7 Å². The highest BCUT2D eigenvalue weighted by molar-refractivity contribution is 6.06. The molecule has 0 unspecified atom stereocenters. The number of piperidine rings is 1. The Morgan fingerprint density at radius 2 is 1.66 bits per heavy atom.